The fourth-order valence-electron chi connectivity index (χ4n) is 1.42. The Morgan fingerprint density at radius 1 is 0.714 bits per heavy atom. The Morgan fingerprint density at radius 3 is 1.71 bits per heavy atom. The highest BCUT2D eigenvalue weighted by Gasteiger charge is 2.00. The standard InChI is InChI=1S/C11H21Br3/c12-9-7-5-3-1-2-4-6-8-11(14)10-13/h11H,1-10H2. The summed E-state index contributed by atoms with van der Waals surface area (Å²) in [5, 5.41) is 2.25. The van der Waals surface area contributed by atoms with E-state index in [-0.39, 0.29) is 0 Å². The van der Waals surface area contributed by atoms with E-state index in [0.29, 0.717) is 4.83 Å². The van der Waals surface area contributed by atoms with Crippen molar-refractivity contribution < 1.29 is 0 Å². The van der Waals surface area contributed by atoms with Crippen LogP contribution in [0.15, 0.2) is 0 Å². The number of unbranched alkanes of at least 4 members (excludes halogenated alkanes) is 6. The third kappa shape index (κ3) is 11.5. The summed E-state index contributed by atoms with van der Waals surface area (Å²) in [6.45, 7) is 0. The molecule has 1 atom stereocenters. The van der Waals surface area contributed by atoms with E-state index in [1.807, 2.05) is 0 Å². The molecular weight excluding hydrogens is 372 g/mol. The summed E-state index contributed by atoms with van der Waals surface area (Å²) >= 11 is 10.6. The lowest BCUT2D eigenvalue weighted by Crippen LogP contribution is -1.97. The predicted octanol–water partition coefficient (Wildman–Crippen LogP) is 5.66. The monoisotopic (exact) mass is 390 g/mol. The van der Waals surface area contributed by atoms with Crippen LogP contribution in [0.5, 0.6) is 0 Å². The summed E-state index contributed by atoms with van der Waals surface area (Å²) in [5.74, 6) is 0. The maximum absolute atomic E-state index is 3.63. The molecular formula is C11H21Br3. The van der Waals surface area contributed by atoms with Crippen LogP contribution in [0.4, 0.5) is 0 Å². The number of hydrogen-bond acceptors (Lipinski definition) is 0. The molecule has 86 valence electrons. The van der Waals surface area contributed by atoms with Gasteiger partial charge < -0.3 is 0 Å². The van der Waals surface area contributed by atoms with Crippen molar-refractivity contribution in [2.24, 2.45) is 0 Å². The Balaban J connectivity index is 2.92. The van der Waals surface area contributed by atoms with Crippen LogP contribution >= 0.6 is 47.8 Å². The van der Waals surface area contributed by atoms with Crippen molar-refractivity contribution in [2.75, 3.05) is 10.7 Å². The van der Waals surface area contributed by atoms with Crippen LogP contribution in [0, 0.1) is 0 Å². The van der Waals surface area contributed by atoms with Gasteiger partial charge in [0.2, 0.25) is 0 Å². The summed E-state index contributed by atoms with van der Waals surface area (Å²) in [6.07, 6.45) is 11.1. The minimum absolute atomic E-state index is 0.677. The van der Waals surface area contributed by atoms with E-state index < -0.39 is 0 Å². The molecule has 0 heterocycles. The molecule has 0 saturated carbocycles. The Hall–Kier alpha value is 1.44. The molecule has 0 aliphatic rings. The van der Waals surface area contributed by atoms with Gasteiger partial charge in [-0.05, 0) is 12.8 Å². The molecule has 0 bridgehead atoms. The van der Waals surface area contributed by atoms with Gasteiger partial charge in [-0.15, -0.1) is 0 Å². The van der Waals surface area contributed by atoms with Gasteiger partial charge in [-0.1, -0.05) is 86.3 Å². The van der Waals surface area contributed by atoms with Crippen LogP contribution in [0.1, 0.15) is 51.4 Å². The van der Waals surface area contributed by atoms with E-state index in [0.717, 1.165) is 5.33 Å². The Kier molecular flexibility index (Phi) is 13.8. The molecule has 1 unspecified atom stereocenters. The Labute approximate surface area is 114 Å². The molecule has 14 heavy (non-hydrogen) atoms. The van der Waals surface area contributed by atoms with Gasteiger partial charge in [0.25, 0.3) is 0 Å². The molecule has 0 N–H and O–H groups in total. The van der Waals surface area contributed by atoms with E-state index in [1.54, 1.807) is 0 Å². The van der Waals surface area contributed by atoms with Crippen LogP contribution in [-0.4, -0.2) is 15.5 Å². The van der Waals surface area contributed by atoms with Gasteiger partial charge in [0.1, 0.15) is 0 Å². The van der Waals surface area contributed by atoms with E-state index in [9.17, 15) is 0 Å². The van der Waals surface area contributed by atoms with Crippen LogP contribution < -0.4 is 0 Å². The molecule has 0 amide bonds. The lowest BCUT2D eigenvalue weighted by molar-refractivity contribution is 0.579. The van der Waals surface area contributed by atoms with Crippen molar-refractivity contribution in [3.8, 4) is 0 Å². The summed E-state index contributed by atoms with van der Waals surface area (Å²) in [6, 6.07) is 0. The summed E-state index contributed by atoms with van der Waals surface area (Å²) < 4.78 is 0. The minimum atomic E-state index is 0.677. The molecule has 0 spiro atoms. The van der Waals surface area contributed by atoms with Crippen molar-refractivity contribution >= 4 is 47.8 Å². The third-order valence-corrected chi connectivity index (χ3v) is 5.31. The average molecular weight is 393 g/mol. The van der Waals surface area contributed by atoms with Gasteiger partial charge in [0, 0.05) is 15.5 Å². The first-order valence-corrected chi connectivity index (χ1v) is 8.73. The fraction of sp³-hybridized carbons (Fsp3) is 1.00. The molecule has 0 aromatic heterocycles. The topological polar surface area (TPSA) is 0 Å². The van der Waals surface area contributed by atoms with Crippen LogP contribution in [0.3, 0.4) is 0 Å². The number of rotatable bonds is 10. The molecule has 0 fully saturated rings. The summed E-state index contributed by atoms with van der Waals surface area (Å²) in [5.41, 5.74) is 0. The highest BCUT2D eigenvalue weighted by molar-refractivity contribution is 9.12. The van der Waals surface area contributed by atoms with Crippen LogP contribution in [0.25, 0.3) is 0 Å². The van der Waals surface area contributed by atoms with E-state index in [2.05, 4.69) is 47.8 Å². The first-order chi connectivity index (χ1) is 6.81. The van der Waals surface area contributed by atoms with E-state index in [1.165, 1.54) is 56.7 Å². The number of hydrogen-bond donors (Lipinski definition) is 0. The lowest BCUT2D eigenvalue weighted by atomic mass is 10.1. The predicted molar refractivity (Wildman–Crippen MR) is 77.2 cm³/mol. The minimum Gasteiger partial charge on any atom is -0.0928 e. The summed E-state index contributed by atoms with van der Waals surface area (Å²) in [4.78, 5) is 0.677. The van der Waals surface area contributed by atoms with Crippen molar-refractivity contribution in [1.29, 1.82) is 0 Å². The van der Waals surface area contributed by atoms with Crippen molar-refractivity contribution in [2.45, 2.75) is 56.2 Å². The quantitative estimate of drug-likeness (QED) is 0.332. The molecule has 0 nitrogen and oxygen atoms in total. The van der Waals surface area contributed by atoms with Gasteiger partial charge in [-0.3, -0.25) is 0 Å². The normalized spacial score (nSPS) is 13.1. The largest absolute Gasteiger partial charge is 0.0928 e. The molecule has 3 heteroatoms. The maximum Gasteiger partial charge on any atom is 0.0242 e. The van der Waals surface area contributed by atoms with Crippen LogP contribution in [-0.2, 0) is 0 Å². The SMILES string of the molecule is BrCCCCCCCCCC(Br)CBr. The zero-order valence-corrected chi connectivity index (χ0v) is 13.5. The maximum atomic E-state index is 3.63. The van der Waals surface area contributed by atoms with Crippen LogP contribution in [0.2, 0.25) is 0 Å². The number of halogens is 3. The van der Waals surface area contributed by atoms with Crippen molar-refractivity contribution in [3.05, 3.63) is 0 Å². The van der Waals surface area contributed by atoms with E-state index >= 15 is 0 Å². The zero-order valence-electron chi connectivity index (χ0n) is 8.78. The van der Waals surface area contributed by atoms with Gasteiger partial charge >= 0.3 is 0 Å². The third-order valence-electron chi connectivity index (χ3n) is 2.32. The van der Waals surface area contributed by atoms with Crippen molar-refractivity contribution in [1.82, 2.24) is 0 Å². The second kappa shape index (κ2) is 12.5. The first-order valence-electron chi connectivity index (χ1n) is 5.57. The zero-order chi connectivity index (χ0) is 10.6. The fourth-order valence-corrected chi connectivity index (χ4v) is 2.47. The molecule has 0 aromatic rings. The molecule has 0 aliphatic heterocycles. The Morgan fingerprint density at radius 2 is 1.21 bits per heavy atom. The van der Waals surface area contributed by atoms with E-state index in [4.69, 9.17) is 0 Å². The smallest absolute Gasteiger partial charge is 0.0242 e. The van der Waals surface area contributed by atoms with Crippen molar-refractivity contribution in [3.63, 3.8) is 0 Å². The second-order valence-corrected chi connectivity index (χ2v) is 6.44. The molecule has 0 aromatic carbocycles. The lowest BCUT2D eigenvalue weighted by Gasteiger charge is -2.05. The van der Waals surface area contributed by atoms with Gasteiger partial charge in [-0.25, -0.2) is 0 Å². The summed E-state index contributed by atoms with van der Waals surface area (Å²) in [7, 11) is 0. The van der Waals surface area contributed by atoms with Gasteiger partial charge in [0.05, 0.1) is 0 Å². The van der Waals surface area contributed by atoms with Gasteiger partial charge in [0.15, 0.2) is 0 Å². The molecule has 0 saturated heterocycles. The first kappa shape index (κ1) is 15.4. The molecule has 0 aliphatic carbocycles. The Bertz CT molecular complexity index is 107. The highest BCUT2D eigenvalue weighted by Crippen LogP contribution is 2.15. The second-order valence-electron chi connectivity index (χ2n) is 3.70. The number of alkyl halides is 3. The molecule has 0 radical (unpaired) electrons. The highest BCUT2D eigenvalue weighted by atomic mass is 79.9. The molecule has 0 rings (SSSR count). The van der Waals surface area contributed by atoms with Gasteiger partial charge in [-0.2, -0.15) is 0 Å². The average Bonchev–Trinajstić information content (AvgIpc) is 2.21.